The maximum atomic E-state index is 13.9. The van der Waals surface area contributed by atoms with Crippen molar-refractivity contribution in [3.05, 3.63) is 60.4 Å². The molecule has 0 saturated heterocycles. The van der Waals surface area contributed by atoms with Gasteiger partial charge in [-0.15, -0.1) is 0 Å². The maximum absolute atomic E-state index is 13.9. The zero-order valence-corrected chi connectivity index (χ0v) is 21.1. The molecule has 1 saturated carbocycles. The van der Waals surface area contributed by atoms with Gasteiger partial charge in [0.15, 0.2) is 5.82 Å². The molecule has 1 aliphatic heterocycles. The molecule has 2 aromatic carbocycles. The van der Waals surface area contributed by atoms with E-state index in [0.29, 0.717) is 18.2 Å². The van der Waals surface area contributed by atoms with Crippen molar-refractivity contribution in [2.45, 2.75) is 57.7 Å². The van der Waals surface area contributed by atoms with Crippen LogP contribution in [0, 0.1) is 0 Å². The number of methoxy groups -OCH3 is 1. The van der Waals surface area contributed by atoms with Crippen LogP contribution in [-0.2, 0) is 16.1 Å². The van der Waals surface area contributed by atoms with Crippen molar-refractivity contribution in [1.29, 1.82) is 0 Å². The predicted molar refractivity (Wildman–Crippen MR) is 145 cm³/mol. The van der Waals surface area contributed by atoms with E-state index in [1.807, 2.05) is 49.4 Å². The van der Waals surface area contributed by atoms with Crippen molar-refractivity contribution in [1.82, 2.24) is 20.2 Å². The van der Waals surface area contributed by atoms with Crippen LogP contribution in [-0.4, -0.2) is 45.3 Å². The zero-order chi connectivity index (χ0) is 25.4. The Morgan fingerprint density at radius 2 is 1.97 bits per heavy atom. The van der Waals surface area contributed by atoms with E-state index < -0.39 is 0 Å². The van der Waals surface area contributed by atoms with Crippen molar-refractivity contribution in [2.24, 2.45) is 0 Å². The summed E-state index contributed by atoms with van der Waals surface area (Å²) in [6, 6.07) is 13.8. The number of carbonyl (C=O) groups is 1. The summed E-state index contributed by atoms with van der Waals surface area (Å²) < 4.78 is 5.33. The van der Waals surface area contributed by atoms with Gasteiger partial charge in [0.1, 0.15) is 11.7 Å². The number of anilines is 5. The van der Waals surface area contributed by atoms with Gasteiger partial charge in [0.25, 0.3) is 5.91 Å². The van der Waals surface area contributed by atoms with E-state index in [4.69, 9.17) is 9.72 Å². The summed E-state index contributed by atoms with van der Waals surface area (Å²) in [7, 11) is 1.67. The van der Waals surface area contributed by atoms with E-state index in [0.717, 1.165) is 46.5 Å². The van der Waals surface area contributed by atoms with E-state index in [-0.39, 0.29) is 18.0 Å². The summed E-state index contributed by atoms with van der Waals surface area (Å²) in [5.74, 6) is 1.32. The second-order valence-corrected chi connectivity index (χ2v) is 9.85. The third-order valence-corrected chi connectivity index (χ3v) is 7.37. The number of fused-ring (bicyclic) bond motifs is 2. The molecule has 9 heteroatoms. The molecule has 0 bridgehead atoms. The highest BCUT2D eigenvalue weighted by Crippen LogP contribution is 2.42. The van der Waals surface area contributed by atoms with Crippen molar-refractivity contribution in [3.63, 3.8) is 0 Å². The number of carbonyl (C=O) groups excluding carboxylic acids is 1. The standard InChI is InChI=1S/C28H31N7O2/c1-18-27(36)35(23-10-6-7-19(13-23)17-37-2)25-16-29-28(31-21-11-12-24-20(14-21)15-30-33-24)32-26(25)34(18)22-8-4-3-5-9-22/h6-7,10-16,18,22H,3-5,8-9,17H2,1-2H3,(H,30,33)(H,29,31,32)/t18-/m1/s1. The van der Waals surface area contributed by atoms with Crippen LogP contribution in [0.1, 0.15) is 44.6 Å². The topological polar surface area (TPSA) is 99.3 Å². The number of ether oxygens (including phenoxy) is 1. The smallest absolute Gasteiger partial charge is 0.254 e. The Bertz CT molecular complexity index is 1430. The molecule has 1 aliphatic carbocycles. The normalized spacial score (nSPS) is 18.3. The Morgan fingerprint density at radius 3 is 2.81 bits per heavy atom. The average Bonchev–Trinajstić information content (AvgIpc) is 3.39. The molecule has 2 N–H and O–H groups in total. The summed E-state index contributed by atoms with van der Waals surface area (Å²) >= 11 is 0. The number of H-pyrrole nitrogens is 1. The molecule has 4 aromatic rings. The molecule has 0 radical (unpaired) electrons. The highest BCUT2D eigenvalue weighted by Gasteiger charge is 2.41. The average molecular weight is 498 g/mol. The third-order valence-electron chi connectivity index (χ3n) is 7.37. The first-order valence-corrected chi connectivity index (χ1v) is 12.9. The highest BCUT2D eigenvalue weighted by atomic mass is 16.5. The Hall–Kier alpha value is -3.98. The van der Waals surface area contributed by atoms with Gasteiger partial charge in [-0.25, -0.2) is 4.98 Å². The molecule has 1 atom stereocenters. The van der Waals surface area contributed by atoms with E-state index in [9.17, 15) is 4.79 Å². The number of nitrogens with zero attached hydrogens (tertiary/aromatic N) is 5. The minimum absolute atomic E-state index is 0.0300. The minimum Gasteiger partial charge on any atom is -0.380 e. The first-order chi connectivity index (χ1) is 18.1. The summed E-state index contributed by atoms with van der Waals surface area (Å²) in [4.78, 5) is 27.5. The molecule has 2 aromatic heterocycles. The maximum Gasteiger partial charge on any atom is 0.254 e. The van der Waals surface area contributed by atoms with E-state index >= 15 is 0 Å². The molecule has 37 heavy (non-hydrogen) atoms. The number of amides is 1. The molecule has 9 nitrogen and oxygen atoms in total. The monoisotopic (exact) mass is 497 g/mol. The van der Waals surface area contributed by atoms with E-state index in [2.05, 4.69) is 25.4 Å². The number of nitrogens with one attached hydrogen (secondary N) is 2. The van der Waals surface area contributed by atoms with Crippen LogP contribution in [0.15, 0.2) is 54.9 Å². The molecular weight excluding hydrogens is 466 g/mol. The van der Waals surface area contributed by atoms with Gasteiger partial charge in [-0.05, 0) is 55.7 Å². The van der Waals surface area contributed by atoms with Crippen LogP contribution in [0.3, 0.4) is 0 Å². The summed E-state index contributed by atoms with van der Waals surface area (Å²) in [6.07, 6.45) is 9.26. The van der Waals surface area contributed by atoms with Gasteiger partial charge in [0.2, 0.25) is 5.95 Å². The van der Waals surface area contributed by atoms with Crippen LogP contribution in [0.5, 0.6) is 0 Å². The quantitative estimate of drug-likeness (QED) is 0.365. The predicted octanol–water partition coefficient (Wildman–Crippen LogP) is 5.45. The molecule has 6 rings (SSSR count). The van der Waals surface area contributed by atoms with Gasteiger partial charge in [-0.3, -0.25) is 14.8 Å². The summed E-state index contributed by atoms with van der Waals surface area (Å²) in [6.45, 7) is 2.47. The number of rotatable bonds is 6. The number of aromatic amines is 1. The van der Waals surface area contributed by atoms with Crippen molar-refractivity contribution in [3.8, 4) is 0 Å². The molecule has 0 spiro atoms. The van der Waals surface area contributed by atoms with Gasteiger partial charge in [-0.1, -0.05) is 31.4 Å². The number of hydrogen-bond acceptors (Lipinski definition) is 7. The Morgan fingerprint density at radius 1 is 1.11 bits per heavy atom. The molecule has 190 valence electrons. The van der Waals surface area contributed by atoms with Crippen LogP contribution in [0.25, 0.3) is 10.9 Å². The molecule has 2 aliphatic rings. The Kier molecular flexibility index (Phi) is 6.21. The van der Waals surface area contributed by atoms with Crippen molar-refractivity contribution < 1.29 is 9.53 Å². The van der Waals surface area contributed by atoms with Gasteiger partial charge in [0, 0.05) is 29.9 Å². The van der Waals surface area contributed by atoms with Gasteiger partial charge >= 0.3 is 0 Å². The van der Waals surface area contributed by atoms with Crippen LogP contribution >= 0.6 is 0 Å². The highest BCUT2D eigenvalue weighted by molar-refractivity contribution is 6.10. The minimum atomic E-state index is -0.341. The van der Waals surface area contributed by atoms with Crippen LogP contribution in [0.4, 0.5) is 28.8 Å². The van der Waals surface area contributed by atoms with Gasteiger partial charge in [0.05, 0.1) is 24.5 Å². The third kappa shape index (κ3) is 4.40. The summed E-state index contributed by atoms with van der Waals surface area (Å²) in [5.41, 5.74) is 4.36. The Labute approximate surface area is 215 Å². The Balaban J connectivity index is 1.42. The molecule has 1 fully saturated rings. The van der Waals surface area contributed by atoms with Crippen LogP contribution in [0.2, 0.25) is 0 Å². The zero-order valence-electron chi connectivity index (χ0n) is 21.1. The molecule has 1 amide bonds. The lowest BCUT2D eigenvalue weighted by Crippen LogP contribution is -2.55. The largest absolute Gasteiger partial charge is 0.380 e. The molecule has 3 heterocycles. The van der Waals surface area contributed by atoms with Crippen molar-refractivity contribution in [2.75, 3.05) is 22.2 Å². The fraction of sp³-hybridized carbons (Fsp3) is 0.357. The first kappa shape index (κ1) is 23.4. The summed E-state index contributed by atoms with van der Waals surface area (Å²) in [5, 5.41) is 11.4. The second kappa shape index (κ2) is 9.82. The molecule has 0 unspecified atom stereocenters. The lowest BCUT2D eigenvalue weighted by molar-refractivity contribution is -0.119. The first-order valence-electron chi connectivity index (χ1n) is 12.9. The number of aromatic nitrogens is 4. The lowest BCUT2D eigenvalue weighted by Gasteiger charge is -2.45. The van der Waals surface area contributed by atoms with E-state index in [1.165, 1.54) is 19.3 Å². The fourth-order valence-electron chi connectivity index (χ4n) is 5.60. The SMILES string of the molecule is COCc1cccc(N2C(=O)[C@@H](C)N(C3CCCCC3)c3nc(Nc4ccc5[nH]ncc5c4)ncc32)c1. The van der Waals surface area contributed by atoms with Gasteiger partial charge in [-0.2, -0.15) is 10.1 Å². The molecular formula is C28H31N7O2. The van der Waals surface area contributed by atoms with E-state index in [1.54, 1.807) is 24.4 Å². The fourth-order valence-corrected chi connectivity index (χ4v) is 5.60. The number of benzene rings is 2. The lowest BCUT2D eigenvalue weighted by atomic mass is 9.92. The van der Waals surface area contributed by atoms with Crippen LogP contribution < -0.4 is 15.1 Å². The number of hydrogen-bond donors (Lipinski definition) is 2. The van der Waals surface area contributed by atoms with Gasteiger partial charge < -0.3 is 15.0 Å². The van der Waals surface area contributed by atoms with Crippen molar-refractivity contribution >= 4 is 45.6 Å². The second-order valence-electron chi connectivity index (χ2n) is 9.85.